The molecule has 1 amide bonds. The number of carbonyl (C=O) groups excluding carboxylic acids is 1. The third-order valence-electron chi connectivity index (χ3n) is 4.98. The van der Waals surface area contributed by atoms with Gasteiger partial charge in [0.05, 0.1) is 19.2 Å². The predicted octanol–water partition coefficient (Wildman–Crippen LogP) is 3.58. The summed E-state index contributed by atoms with van der Waals surface area (Å²) in [5.74, 6) is 2.34. The van der Waals surface area contributed by atoms with Crippen molar-refractivity contribution in [1.29, 1.82) is 0 Å². The lowest BCUT2D eigenvalue weighted by atomic mass is 10.1. The lowest BCUT2D eigenvalue weighted by Gasteiger charge is -2.05. The fourth-order valence-corrected chi connectivity index (χ4v) is 3.47. The van der Waals surface area contributed by atoms with Crippen molar-refractivity contribution in [2.45, 2.75) is 32.3 Å². The van der Waals surface area contributed by atoms with Gasteiger partial charge in [-0.2, -0.15) is 0 Å². The zero-order chi connectivity index (χ0) is 20.2. The summed E-state index contributed by atoms with van der Waals surface area (Å²) < 4.78 is 16.3. The second kappa shape index (κ2) is 8.39. The molecule has 0 radical (unpaired) electrons. The van der Waals surface area contributed by atoms with E-state index in [9.17, 15) is 4.79 Å². The molecule has 0 bridgehead atoms. The molecule has 150 valence electrons. The van der Waals surface area contributed by atoms with Crippen LogP contribution in [0.1, 0.15) is 23.7 Å². The third kappa shape index (κ3) is 4.59. The van der Waals surface area contributed by atoms with Gasteiger partial charge < -0.3 is 19.3 Å². The summed E-state index contributed by atoms with van der Waals surface area (Å²) in [6.07, 6.45) is 2.04. The maximum atomic E-state index is 12.2. The molecule has 3 aromatic rings. The van der Waals surface area contributed by atoms with E-state index >= 15 is 0 Å². The zero-order valence-electron chi connectivity index (χ0n) is 16.6. The highest BCUT2D eigenvalue weighted by molar-refractivity contribution is 5.78. The van der Waals surface area contributed by atoms with E-state index in [1.165, 1.54) is 5.56 Å². The highest BCUT2D eigenvalue weighted by Crippen LogP contribution is 2.33. The number of methoxy groups -OCH3 is 1. The molecule has 29 heavy (non-hydrogen) atoms. The fraction of sp³-hybridized carbons (Fsp3) is 0.304. The number of benzene rings is 2. The average Bonchev–Trinajstić information content (AvgIpc) is 3.33. The third-order valence-corrected chi connectivity index (χ3v) is 4.98. The molecule has 0 spiro atoms. The van der Waals surface area contributed by atoms with Crippen LogP contribution in [0, 0.1) is 0 Å². The van der Waals surface area contributed by atoms with Crippen molar-refractivity contribution in [2.75, 3.05) is 13.7 Å². The topological polar surface area (TPSA) is 73.6 Å². The Labute approximate surface area is 169 Å². The first-order valence-corrected chi connectivity index (χ1v) is 9.76. The number of nitrogens with one attached hydrogen (secondary N) is 1. The Bertz CT molecular complexity index is 994. The number of rotatable bonds is 7. The van der Waals surface area contributed by atoms with Crippen LogP contribution in [0.4, 0.5) is 0 Å². The van der Waals surface area contributed by atoms with Gasteiger partial charge in [-0.3, -0.25) is 4.79 Å². The number of hydrogen-bond acceptors (Lipinski definition) is 5. The molecule has 6 heteroatoms. The molecule has 0 saturated carbocycles. The van der Waals surface area contributed by atoms with Crippen molar-refractivity contribution in [2.24, 2.45) is 0 Å². The fourth-order valence-electron chi connectivity index (χ4n) is 3.47. The minimum atomic E-state index is -0.0745. The first kappa shape index (κ1) is 19.1. The molecule has 0 fully saturated rings. The normalized spacial score (nSPS) is 14.9. The maximum Gasteiger partial charge on any atom is 0.226 e. The molecule has 1 unspecified atom stereocenters. The van der Waals surface area contributed by atoms with Crippen molar-refractivity contribution in [3.63, 3.8) is 0 Å². The Morgan fingerprint density at radius 3 is 2.83 bits per heavy atom. The Balaban J connectivity index is 1.29. The van der Waals surface area contributed by atoms with Gasteiger partial charge >= 0.3 is 0 Å². The summed E-state index contributed by atoms with van der Waals surface area (Å²) in [5.41, 5.74) is 3.88. The van der Waals surface area contributed by atoms with E-state index in [0.717, 1.165) is 35.5 Å². The number of aromatic nitrogens is 1. The second-order valence-electron chi connectivity index (χ2n) is 7.26. The molecule has 2 aromatic carbocycles. The van der Waals surface area contributed by atoms with Crippen LogP contribution in [-0.4, -0.2) is 30.8 Å². The maximum absolute atomic E-state index is 12.2. The molecule has 1 atom stereocenters. The number of hydrogen-bond donors (Lipinski definition) is 1. The number of ether oxygens (including phenoxy) is 2. The molecule has 4 rings (SSSR count). The summed E-state index contributed by atoms with van der Waals surface area (Å²) in [5, 5.41) is 6.97. The SMILES string of the molecule is COc1ccc(CCNC(=O)Cc2cc(-c3ccc4c(c3)CC(C)O4)on2)cc1. The van der Waals surface area contributed by atoms with Gasteiger partial charge in [-0.25, -0.2) is 0 Å². The van der Waals surface area contributed by atoms with E-state index in [-0.39, 0.29) is 18.4 Å². The average molecular weight is 392 g/mol. The molecule has 1 aromatic heterocycles. The largest absolute Gasteiger partial charge is 0.497 e. The second-order valence-corrected chi connectivity index (χ2v) is 7.26. The smallest absolute Gasteiger partial charge is 0.226 e. The Morgan fingerprint density at radius 2 is 2.03 bits per heavy atom. The van der Waals surface area contributed by atoms with Crippen LogP contribution in [0.3, 0.4) is 0 Å². The van der Waals surface area contributed by atoms with Gasteiger partial charge in [0.1, 0.15) is 17.6 Å². The molecule has 1 aliphatic rings. The summed E-state index contributed by atoms with van der Waals surface area (Å²) in [6, 6.07) is 15.6. The lowest BCUT2D eigenvalue weighted by Crippen LogP contribution is -2.27. The molecule has 1 aliphatic heterocycles. The summed E-state index contributed by atoms with van der Waals surface area (Å²) in [4.78, 5) is 12.2. The van der Waals surface area contributed by atoms with Crippen LogP contribution in [0.2, 0.25) is 0 Å². The number of nitrogens with zero attached hydrogens (tertiary/aromatic N) is 1. The van der Waals surface area contributed by atoms with Crippen molar-refractivity contribution in [3.05, 3.63) is 65.4 Å². The van der Waals surface area contributed by atoms with E-state index in [4.69, 9.17) is 14.0 Å². The van der Waals surface area contributed by atoms with E-state index in [1.54, 1.807) is 7.11 Å². The molecule has 1 N–H and O–H groups in total. The van der Waals surface area contributed by atoms with Gasteiger partial charge in [0, 0.05) is 24.6 Å². The zero-order valence-corrected chi connectivity index (χ0v) is 16.6. The summed E-state index contributed by atoms with van der Waals surface area (Å²) >= 11 is 0. The van der Waals surface area contributed by atoms with Gasteiger partial charge in [0.25, 0.3) is 0 Å². The highest BCUT2D eigenvalue weighted by atomic mass is 16.5. The minimum Gasteiger partial charge on any atom is -0.497 e. The van der Waals surface area contributed by atoms with Crippen LogP contribution < -0.4 is 14.8 Å². The van der Waals surface area contributed by atoms with E-state index < -0.39 is 0 Å². The quantitative estimate of drug-likeness (QED) is 0.665. The standard InChI is InChI=1S/C23H24N2O4/c1-15-11-18-12-17(5-8-21(18)28-15)22-13-19(25-29-22)14-23(26)24-10-9-16-3-6-20(27-2)7-4-16/h3-8,12-13,15H,9-11,14H2,1-2H3,(H,24,26). The van der Waals surface area contributed by atoms with Crippen LogP contribution in [0.15, 0.2) is 53.1 Å². The van der Waals surface area contributed by atoms with Crippen molar-refractivity contribution < 1.29 is 18.8 Å². The monoisotopic (exact) mass is 392 g/mol. The van der Waals surface area contributed by atoms with Crippen LogP contribution >= 0.6 is 0 Å². The van der Waals surface area contributed by atoms with Gasteiger partial charge in [-0.1, -0.05) is 17.3 Å². The lowest BCUT2D eigenvalue weighted by molar-refractivity contribution is -0.120. The van der Waals surface area contributed by atoms with Gasteiger partial charge in [0.2, 0.25) is 5.91 Å². The molecule has 0 saturated heterocycles. The van der Waals surface area contributed by atoms with Gasteiger partial charge in [0.15, 0.2) is 5.76 Å². The predicted molar refractivity (Wildman–Crippen MR) is 109 cm³/mol. The van der Waals surface area contributed by atoms with E-state index in [1.807, 2.05) is 42.5 Å². The van der Waals surface area contributed by atoms with Crippen LogP contribution in [-0.2, 0) is 24.1 Å². The molecular formula is C23H24N2O4. The van der Waals surface area contributed by atoms with E-state index in [2.05, 4.69) is 23.5 Å². The Hall–Kier alpha value is -3.28. The highest BCUT2D eigenvalue weighted by Gasteiger charge is 2.20. The Kier molecular flexibility index (Phi) is 5.51. The minimum absolute atomic E-state index is 0.0745. The number of carbonyl (C=O) groups is 1. The van der Waals surface area contributed by atoms with Crippen molar-refractivity contribution in [1.82, 2.24) is 10.5 Å². The summed E-state index contributed by atoms with van der Waals surface area (Å²) in [7, 11) is 1.64. The first-order valence-electron chi connectivity index (χ1n) is 9.76. The molecular weight excluding hydrogens is 368 g/mol. The molecule has 0 aliphatic carbocycles. The molecule has 6 nitrogen and oxygen atoms in total. The number of amides is 1. The van der Waals surface area contributed by atoms with Crippen molar-refractivity contribution >= 4 is 5.91 Å². The van der Waals surface area contributed by atoms with Crippen molar-refractivity contribution in [3.8, 4) is 22.8 Å². The van der Waals surface area contributed by atoms with Crippen LogP contribution in [0.25, 0.3) is 11.3 Å². The van der Waals surface area contributed by atoms with Gasteiger partial charge in [-0.15, -0.1) is 0 Å². The summed E-state index contributed by atoms with van der Waals surface area (Å²) in [6.45, 7) is 2.62. The van der Waals surface area contributed by atoms with E-state index in [0.29, 0.717) is 18.0 Å². The Morgan fingerprint density at radius 1 is 1.21 bits per heavy atom. The van der Waals surface area contributed by atoms with Crippen LogP contribution in [0.5, 0.6) is 11.5 Å². The van der Waals surface area contributed by atoms with Gasteiger partial charge in [-0.05, 0) is 54.8 Å². The first-order chi connectivity index (χ1) is 14.1. The molecule has 2 heterocycles. The number of fused-ring (bicyclic) bond motifs is 1.